The Morgan fingerprint density at radius 3 is 1.69 bits per heavy atom. The third-order valence-electron chi connectivity index (χ3n) is 4.86. The molecule has 0 saturated carbocycles. The predicted octanol–water partition coefficient (Wildman–Crippen LogP) is 5.38. The van der Waals surface area contributed by atoms with Crippen molar-refractivity contribution in [3.63, 3.8) is 0 Å². The number of sulfonamides is 1. The summed E-state index contributed by atoms with van der Waals surface area (Å²) >= 11 is 0. The van der Waals surface area contributed by atoms with Crippen LogP contribution in [-0.4, -0.2) is 20.4 Å². The minimum Gasteiger partial charge on any atom is -0.322 e. The highest BCUT2D eigenvalue weighted by molar-refractivity contribution is 7.92. The molecule has 0 unspecified atom stereocenters. The van der Waals surface area contributed by atoms with Crippen molar-refractivity contribution in [3.8, 4) is 0 Å². The van der Waals surface area contributed by atoms with Gasteiger partial charge in [0, 0.05) is 28.3 Å². The quantitative estimate of drug-likeness (QED) is 0.280. The molecule has 35 heavy (non-hydrogen) atoms. The van der Waals surface area contributed by atoms with Crippen molar-refractivity contribution in [2.24, 2.45) is 0 Å². The summed E-state index contributed by atoms with van der Waals surface area (Å²) in [7, 11) is -3.78. The van der Waals surface area contributed by atoms with Crippen LogP contribution < -0.4 is 20.7 Å². The molecule has 0 atom stereocenters. The Balaban J connectivity index is 1.38. The maximum atomic E-state index is 12.7. The number of para-hydroxylation sites is 2. The molecule has 0 heterocycles. The molecule has 9 heteroatoms. The summed E-state index contributed by atoms with van der Waals surface area (Å²) in [5, 5.41) is 8.17. The minimum atomic E-state index is -3.78. The second-order valence-corrected chi connectivity index (χ2v) is 9.16. The fraction of sp³-hybridized carbons (Fsp3) is 0. The topological polar surface area (TPSA) is 116 Å². The lowest BCUT2D eigenvalue weighted by atomic mass is 10.2. The molecule has 0 aliphatic carbocycles. The van der Waals surface area contributed by atoms with Crippen molar-refractivity contribution in [2.75, 3.05) is 20.7 Å². The first-order valence-corrected chi connectivity index (χ1v) is 12.1. The van der Waals surface area contributed by atoms with Crippen LogP contribution in [0.5, 0.6) is 0 Å². The van der Waals surface area contributed by atoms with Crippen molar-refractivity contribution < 1.29 is 18.0 Å². The van der Waals surface area contributed by atoms with Gasteiger partial charge in [-0.2, -0.15) is 0 Å². The molecule has 0 saturated heterocycles. The summed E-state index contributed by atoms with van der Waals surface area (Å²) in [6.45, 7) is 0. The Morgan fingerprint density at radius 1 is 0.543 bits per heavy atom. The molecule has 176 valence electrons. The molecule has 4 rings (SSSR count). The zero-order valence-electron chi connectivity index (χ0n) is 18.4. The molecule has 0 radical (unpaired) electrons. The van der Waals surface area contributed by atoms with Gasteiger partial charge in [0.1, 0.15) is 0 Å². The minimum absolute atomic E-state index is 0.0357. The van der Waals surface area contributed by atoms with Gasteiger partial charge >= 0.3 is 6.03 Å². The van der Waals surface area contributed by atoms with Crippen LogP contribution in [0.15, 0.2) is 114 Å². The molecule has 0 aliphatic rings. The van der Waals surface area contributed by atoms with E-state index >= 15 is 0 Å². The standard InChI is InChI=1S/C26H22N4O4S/c31-25(19-14-16-24(17-15-19)35(33,34)30-21-10-5-2-6-11-21)27-22-12-7-13-23(18-22)29-26(32)28-20-8-3-1-4-9-20/h1-18,30H,(H,27,31)(H2,28,29,32). The van der Waals surface area contributed by atoms with E-state index in [1.54, 1.807) is 66.7 Å². The molecule has 3 amide bonds. The number of hydrogen-bond donors (Lipinski definition) is 4. The van der Waals surface area contributed by atoms with Gasteiger partial charge in [-0.05, 0) is 66.7 Å². The fourth-order valence-electron chi connectivity index (χ4n) is 3.20. The number of benzene rings is 4. The number of nitrogens with one attached hydrogen (secondary N) is 4. The van der Waals surface area contributed by atoms with Crippen LogP contribution in [0.2, 0.25) is 0 Å². The second-order valence-electron chi connectivity index (χ2n) is 7.48. The van der Waals surface area contributed by atoms with Gasteiger partial charge in [0.25, 0.3) is 15.9 Å². The van der Waals surface area contributed by atoms with E-state index in [-0.39, 0.29) is 10.5 Å². The highest BCUT2D eigenvalue weighted by Gasteiger charge is 2.15. The SMILES string of the molecule is O=C(Nc1ccccc1)Nc1cccc(NC(=O)c2ccc(S(=O)(=O)Nc3ccccc3)cc2)c1. The first-order chi connectivity index (χ1) is 16.9. The van der Waals surface area contributed by atoms with Crippen LogP contribution in [0, 0.1) is 0 Å². The van der Waals surface area contributed by atoms with Gasteiger partial charge in [-0.3, -0.25) is 9.52 Å². The monoisotopic (exact) mass is 486 g/mol. The van der Waals surface area contributed by atoms with Crippen molar-refractivity contribution in [1.82, 2.24) is 0 Å². The van der Waals surface area contributed by atoms with Gasteiger partial charge in [0.15, 0.2) is 0 Å². The summed E-state index contributed by atoms with van der Waals surface area (Å²) in [6, 6.07) is 29.4. The molecule has 0 aliphatic heterocycles. The van der Waals surface area contributed by atoms with E-state index in [2.05, 4.69) is 20.7 Å². The van der Waals surface area contributed by atoms with Crippen molar-refractivity contribution in [1.29, 1.82) is 0 Å². The van der Waals surface area contributed by atoms with Crippen LogP contribution in [0.25, 0.3) is 0 Å². The average molecular weight is 487 g/mol. The molecule has 4 aromatic carbocycles. The van der Waals surface area contributed by atoms with E-state index < -0.39 is 22.0 Å². The van der Waals surface area contributed by atoms with Gasteiger partial charge < -0.3 is 16.0 Å². The van der Waals surface area contributed by atoms with E-state index in [9.17, 15) is 18.0 Å². The largest absolute Gasteiger partial charge is 0.323 e. The highest BCUT2D eigenvalue weighted by Crippen LogP contribution is 2.19. The lowest BCUT2D eigenvalue weighted by Gasteiger charge is -2.11. The van der Waals surface area contributed by atoms with Crippen LogP contribution in [0.1, 0.15) is 10.4 Å². The van der Waals surface area contributed by atoms with Gasteiger partial charge in [0.2, 0.25) is 0 Å². The van der Waals surface area contributed by atoms with Gasteiger partial charge in [-0.15, -0.1) is 0 Å². The number of anilines is 4. The molecule has 4 N–H and O–H groups in total. The van der Waals surface area contributed by atoms with E-state index in [0.717, 1.165) is 0 Å². The fourth-order valence-corrected chi connectivity index (χ4v) is 4.26. The lowest BCUT2D eigenvalue weighted by molar-refractivity contribution is 0.102. The van der Waals surface area contributed by atoms with E-state index in [1.165, 1.54) is 24.3 Å². The van der Waals surface area contributed by atoms with Crippen LogP contribution in [0.3, 0.4) is 0 Å². The summed E-state index contributed by atoms with van der Waals surface area (Å²) in [5.74, 6) is -0.421. The normalized spacial score (nSPS) is 10.7. The van der Waals surface area contributed by atoms with E-state index in [4.69, 9.17) is 0 Å². The first-order valence-electron chi connectivity index (χ1n) is 10.6. The summed E-state index contributed by atoms with van der Waals surface area (Å²) in [4.78, 5) is 24.9. The number of hydrogen-bond acceptors (Lipinski definition) is 4. The summed E-state index contributed by atoms with van der Waals surface area (Å²) in [6.07, 6.45) is 0. The maximum absolute atomic E-state index is 12.7. The number of carbonyl (C=O) groups is 2. The molecule has 0 fully saturated rings. The summed E-state index contributed by atoms with van der Waals surface area (Å²) in [5.41, 5.74) is 2.34. The van der Waals surface area contributed by atoms with E-state index in [0.29, 0.717) is 22.7 Å². The number of rotatable bonds is 7. The Morgan fingerprint density at radius 2 is 1.06 bits per heavy atom. The van der Waals surface area contributed by atoms with Crippen LogP contribution >= 0.6 is 0 Å². The Labute approximate surface area is 203 Å². The molecular formula is C26H22N4O4S. The van der Waals surface area contributed by atoms with Gasteiger partial charge in [-0.25, -0.2) is 13.2 Å². The number of urea groups is 1. The molecule has 0 aromatic heterocycles. The third-order valence-corrected chi connectivity index (χ3v) is 6.26. The lowest BCUT2D eigenvalue weighted by Crippen LogP contribution is -2.19. The summed E-state index contributed by atoms with van der Waals surface area (Å²) < 4.78 is 27.6. The third kappa shape index (κ3) is 6.46. The predicted molar refractivity (Wildman–Crippen MR) is 137 cm³/mol. The Kier molecular flexibility index (Phi) is 7.08. The van der Waals surface area contributed by atoms with Crippen LogP contribution in [0.4, 0.5) is 27.5 Å². The second kappa shape index (κ2) is 10.5. The van der Waals surface area contributed by atoms with E-state index in [1.807, 2.05) is 18.2 Å². The molecule has 0 bridgehead atoms. The Hall–Kier alpha value is -4.63. The first kappa shape index (κ1) is 23.5. The number of carbonyl (C=O) groups excluding carboxylic acids is 2. The maximum Gasteiger partial charge on any atom is 0.323 e. The van der Waals surface area contributed by atoms with Crippen LogP contribution in [-0.2, 0) is 10.0 Å². The zero-order valence-corrected chi connectivity index (χ0v) is 19.3. The smallest absolute Gasteiger partial charge is 0.322 e. The molecule has 0 spiro atoms. The van der Waals surface area contributed by atoms with Crippen molar-refractivity contribution in [2.45, 2.75) is 4.90 Å². The molecule has 8 nitrogen and oxygen atoms in total. The van der Waals surface area contributed by atoms with Gasteiger partial charge in [0.05, 0.1) is 4.90 Å². The van der Waals surface area contributed by atoms with Crippen molar-refractivity contribution in [3.05, 3.63) is 115 Å². The zero-order chi connectivity index (χ0) is 24.7. The highest BCUT2D eigenvalue weighted by atomic mass is 32.2. The average Bonchev–Trinajstić information content (AvgIpc) is 2.85. The Bertz CT molecular complexity index is 1430. The molecular weight excluding hydrogens is 464 g/mol. The van der Waals surface area contributed by atoms with Crippen molar-refractivity contribution >= 4 is 44.7 Å². The number of amides is 3. The van der Waals surface area contributed by atoms with Gasteiger partial charge in [-0.1, -0.05) is 42.5 Å². The molecule has 4 aromatic rings.